The van der Waals surface area contributed by atoms with E-state index in [-0.39, 0.29) is 11.3 Å². The molecule has 0 saturated carbocycles. The molecule has 0 unspecified atom stereocenters. The molecule has 1 aromatic heterocycles. The highest BCUT2D eigenvalue weighted by atomic mass is 32.1. The maximum atomic E-state index is 11.9. The molecule has 0 aliphatic carbocycles. The van der Waals surface area contributed by atoms with E-state index >= 15 is 0 Å². The maximum absolute atomic E-state index is 11.9. The number of nitrogens with zero attached hydrogens (tertiary/aromatic N) is 2. The van der Waals surface area contributed by atoms with Gasteiger partial charge in [0.2, 0.25) is 5.91 Å². The fourth-order valence-electron chi connectivity index (χ4n) is 2.02. The number of anilines is 1. The lowest BCUT2D eigenvalue weighted by atomic mass is 9.92. The summed E-state index contributed by atoms with van der Waals surface area (Å²) in [6.07, 6.45) is 1.51. The standard InChI is InChI=1S/C13H21N3OS/c1-13(2,3)7-11(17)15-12-14-9-5-6-16(4)8-10(9)18-12/h5-8H2,1-4H3,(H,14,15,17). The molecule has 0 radical (unpaired) electrons. The Kier molecular flexibility index (Phi) is 3.73. The predicted molar refractivity (Wildman–Crippen MR) is 74.9 cm³/mol. The summed E-state index contributed by atoms with van der Waals surface area (Å²) in [5.74, 6) is 0.0574. The Morgan fingerprint density at radius 1 is 1.50 bits per heavy atom. The molecule has 2 heterocycles. The Balaban J connectivity index is 2.01. The normalized spacial score (nSPS) is 16.4. The van der Waals surface area contributed by atoms with Crippen LogP contribution in [0.4, 0.5) is 5.13 Å². The quantitative estimate of drug-likeness (QED) is 0.895. The van der Waals surface area contributed by atoms with Crippen molar-refractivity contribution < 1.29 is 4.79 Å². The summed E-state index contributed by atoms with van der Waals surface area (Å²) in [5, 5.41) is 3.67. The van der Waals surface area contributed by atoms with Crippen LogP contribution in [0.2, 0.25) is 0 Å². The summed E-state index contributed by atoms with van der Waals surface area (Å²) in [6.45, 7) is 8.19. The molecule has 2 rings (SSSR count). The summed E-state index contributed by atoms with van der Waals surface area (Å²) >= 11 is 1.61. The Morgan fingerprint density at radius 3 is 2.89 bits per heavy atom. The Morgan fingerprint density at radius 2 is 2.22 bits per heavy atom. The number of nitrogens with one attached hydrogen (secondary N) is 1. The molecule has 1 aromatic rings. The van der Waals surface area contributed by atoms with Crippen molar-refractivity contribution in [2.45, 2.75) is 40.2 Å². The van der Waals surface area contributed by atoms with Crippen molar-refractivity contribution in [3.63, 3.8) is 0 Å². The van der Waals surface area contributed by atoms with Crippen LogP contribution in [0.1, 0.15) is 37.8 Å². The van der Waals surface area contributed by atoms with Crippen LogP contribution in [-0.4, -0.2) is 29.4 Å². The van der Waals surface area contributed by atoms with Crippen LogP contribution in [-0.2, 0) is 17.8 Å². The highest BCUT2D eigenvalue weighted by Crippen LogP contribution is 2.28. The summed E-state index contributed by atoms with van der Waals surface area (Å²) in [7, 11) is 2.11. The van der Waals surface area contributed by atoms with Crippen molar-refractivity contribution in [1.29, 1.82) is 0 Å². The minimum Gasteiger partial charge on any atom is -0.302 e. The van der Waals surface area contributed by atoms with Gasteiger partial charge in [-0.25, -0.2) is 4.98 Å². The lowest BCUT2D eigenvalue weighted by Crippen LogP contribution is -2.25. The van der Waals surface area contributed by atoms with E-state index in [4.69, 9.17) is 0 Å². The van der Waals surface area contributed by atoms with Crippen molar-refractivity contribution in [2.24, 2.45) is 5.41 Å². The first-order valence-corrected chi connectivity index (χ1v) is 7.12. The molecule has 5 heteroatoms. The molecule has 100 valence electrons. The molecule has 1 amide bonds. The first-order valence-electron chi connectivity index (χ1n) is 6.30. The minimum absolute atomic E-state index is 0.0151. The van der Waals surface area contributed by atoms with E-state index in [9.17, 15) is 4.79 Å². The van der Waals surface area contributed by atoms with Crippen molar-refractivity contribution in [3.05, 3.63) is 10.6 Å². The van der Waals surface area contributed by atoms with E-state index in [0.717, 1.165) is 30.3 Å². The Labute approximate surface area is 112 Å². The minimum atomic E-state index is 0.0151. The number of aromatic nitrogens is 1. The molecule has 1 N–H and O–H groups in total. The molecule has 0 bridgehead atoms. The van der Waals surface area contributed by atoms with Crippen molar-refractivity contribution >= 4 is 22.4 Å². The van der Waals surface area contributed by atoms with E-state index in [1.165, 1.54) is 4.88 Å². The number of thiazole rings is 1. The molecule has 0 fully saturated rings. The third-order valence-electron chi connectivity index (χ3n) is 2.86. The Bertz CT molecular complexity index is 448. The van der Waals surface area contributed by atoms with Gasteiger partial charge in [-0.15, -0.1) is 11.3 Å². The molecule has 0 saturated heterocycles. The molecule has 0 aromatic carbocycles. The fourth-order valence-corrected chi connectivity index (χ4v) is 3.13. The average molecular weight is 267 g/mol. The zero-order valence-corrected chi connectivity index (χ0v) is 12.4. The van der Waals surface area contributed by atoms with Gasteiger partial charge in [0.15, 0.2) is 5.13 Å². The first-order chi connectivity index (χ1) is 8.33. The van der Waals surface area contributed by atoms with E-state index in [0.29, 0.717) is 6.42 Å². The average Bonchev–Trinajstić information content (AvgIpc) is 2.55. The van der Waals surface area contributed by atoms with E-state index in [1.54, 1.807) is 11.3 Å². The van der Waals surface area contributed by atoms with Gasteiger partial charge in [0, 0.05) is 30.8 Å². The van der Waals surface area contributed by atoms with Gasteiger partial charge < -0.3 is 10.2 Å². The van der Waals surface area contributed by atoms with Crippen LogP contribution in [0.25, 0.3) is 0 Å². The van der Waals surface area contributed by atoms with E-state index < -0.39 is 0 Å². The molecule has 1 aliphatic rings. The number of likely N-dealkylation sites (N-methyl/N-ethyl adjacent to an activating group) is 1. The SMILES string of the molecule is CN1CCc2nc(NC(=O)CC(C)(C)C)sc2C1. The molecular weight excluding hydrogens is 246 g/mol. The number of amides is 1. The van der Waals surface area contributed by atoms with Crippen LogP contribution < -0.4 is 5.32 Å². The highest BCUT2D eigenvalue weighted by Gasteiger charge is 2.21. The van der Waals surface area contributed by atoms with Crippen LogP contribution in [0.5, 0.6) is 0 Å². The molecular formula is C13H21N3OS. The fraction of sp³-hybridized carbons (Fsp3) is 0.692. The predicted octanol–water partition coefficient (Wildman–Crippen LogP) is 2.51. The molecule has 0 spiro atoms. The third-order valence-corrected chi connectivity index (χ3v) is 3.86. The molecule has 0 atom stereocenters. The third kappa shape index (κ3) is 3.53. The topological polar surface area (TPSA) is 45.2 Å². The maximum Gasteiger partial charge on any atom is 0.226 e. The smallest absolute Gasteiger partial charge is 0.226 e. The number of fused-ring (bicyclic) bond motifs is 1. The van der Waals surface area contributed by atoms with Gasteiger partial charge in [0.05, 0.1) is 5.69 Å². The summed E-state index contributed by atoms with van der Waals surface area (Å²) in [6, 6.07) is 0. The first kappa shape index (κ1) is 13.5. The van der Waals surface area contributed by atoms with Gasteiger partial charge in [0.25, 0.3) is 0 Å². The monoisotopic (exact) mass is 267 g/mol. The van der Waals surface area contributed by atoms with Gasteiger partial charge in [0.1, 0.15) is 0 Å². The van der Waals surface area contributed by atoms with Crippen molar-refractivity contribution in [2.75, 3.05) is 18.9 Å². The molecule has 18 heavy (non-hydrogen) atoms. The van der Waals surface area contributed by atoms with Crippen LogP contribution >= 0.6 is 11.3 Å². The van der Waals surface area contributed by atoms with Gasteiger partial charge in [-0.2, -0.15) is 0 Å². The Hall–Kier alpha value is -0.940. The zero-order chi connectivity index (χ0) is 13.3. The molecule has 4 nitrogen and oxygen atoms in total. The molecule has 1 aliphatic heterocycles. The van der Waals surface area contributed by atoms with Crippen molar-refractivity contribution in [1.82, 2.24) is 9.88 Å². The zero-order valence-electron chi connectivity index (χ0n) is 11.5. The van der Waals surface area contributed by atoms with Gasteiger partial charge >= 0.3 is 0 Å². The number of hydrogen-bond acceptors (Lipinski definition) is 4. The van der Waals surface area contributed by atoms with E-state index in [1.807, 2.05) is 0 Å². The lowest BCUT2D eigenvalue weighted by molar-refractivity contribution is -0.117. The number of carbonyl (C=O) groups excluding carboxylic acids is 1. The van der Waals surface area contributed by atoms with Gasteiger partial charge in [-0.05, 0) is 12.5 Å². The largest absolute Gasteiger partial charge is 0.302 e. The highest BCUT2D eigenvalue weighted by molar-refractivity contribution is 7.15. The summed E-state index contributed by atoms with van der Waals surface area (Å²) in [4.78, 5) is 19.9. The summed E-state index contributed by atoms with van der Waals surface area (Å²) < 4.78 is 0. The number of hydrogen-bond donors (Lipinski definition) is 1. The summed E-state index contributed by atoms with van der Waals surface area (Å²) in [5.41, 5.74) is 1.17. The van der Waals surface area contributed by atoms with E-state index in [2.05, 4.69) is 43.0 Å². The second-order valence-electron chi connectivity index (χ2n) is 6.16. The van der Waals surface area contributed by atoms with Crippen LogP contribution in [0.3, 0.4) is 0 Å². The number of rotatable bonds is 2. The van der Waals surface area contributed by atoms with Crippen LogP contribution in [0.15, 0.2) is 0 Å². The van der Waals surface area contributed by atoms with Crippen LogP contribution in [0, 0.1) is 5.41 Å². The second kappa shape index (κ2) is 4.97. The van der Waals surface area contributed by atoms with Gasteiger partial charge in [-0.3, -0.25) is 4.79 Å². The lowest BCUT2D eigenvalue weighted by Gasteiger charge is -2.20. The second-order valence-corrected chi connectivity index (χ2v) is 7.25. The van der Waals surface area contributed by atoms with Crippen molar-refractivity contribution in [3.8, 4) is 0 Å². The van der Waals surface area contributed by atoms with Gasteiger partial charge in [-0.1, -0.05) is 20.8 Å². The number of carbonyl (C=O) groups is 1.